The number of carbonyl (C=O) groups is 1. The fourth-order valence-corrected chi connectivity index (χ4v) is 0.377. The Balaban J connectivity index is 3.66. The zero-order valence-corrected chi connectivity index (χ0v) is 7.20. The monoisotopic (exact) mass is 168 g/mol. The van der Waals surface area contributed by atoms with Crippen LogP contribution >= 0.6 is 0 Å². The summed E-state index contributed by atoms with van der Waals surface area (Å²) in [5.41, 5.74) is 0. The second kappa shape index (κ2) is 6.15. The molecule has 1 amide bonds. The third kappa shape index (κ3) is 6.54. The molecule has 0 heterocycles. The van der Waals surface area contributed by atoms with Gasteiger partial charge in [0.2, 0.25) is 5.91 Å². The molecule has 12 heavy (non-hydrogen) atoms. The number of rotatable bonds is 4. The van der Waals surface area contributed by atoms with E-state index in [4.69, 9.17) is 4.74 Å². The van der Waals surface area contributed by atoms with Crippen LogP contribution in [-0.4, -0.2) is 19.2 Å². The van der Waals surface area contributed by atoms with Crippen LogP contribution in [0.1, 0.15) is 6.92 Å². The molecule has 0 rings (SSSR count). The first kappa shape index (κ1) is 10.4. The molecular weight excluding hydrogens is 156 g/mol. The number of aliphatic imine (C=N–C) groups is 1. The molecule has 0 saturated heterocycles. The summed E-state index contributed by atoms with van der Waals surface area (Å²) in [5.74, 6) is 0.328. The third-order valence-corrected chi connectivity index (χ3v) is 0.928. The number of amides is 1. The maximum atomic E-state index is 10.3. The van der Waals surface area contributed by atoms with Crippen LogP contribution in [0.2, 0.25) is 0 Å². The molecule has 0 aliphatic rings. The fraction of sp³-hybridized carbons (Fsp3) is 0.250. The van der Waals surface area contributed by atoms with E-state index in [0.29, 0.717) is 5.76 Å². The van der Waals surface area contributed by atoms with E-state index in [-0.39, 0.29) is 5.91 Å². The van der Waals surface area contributed by atoms with Crippen LogP contribution in [0.3, 0.4) is 0 Å². The Morgan fingerprint density at radius 1 is 1.67 bits per heavy atom. The van der Waals surface area contributed by atoms with Crippen LogP contribution < -0.4 is 5.32 Å². The number of hydrogen-bond acceptors (Lipinski definition) is 3. The van der Waals surface area contributed by atoms with E-state index in [2.05, 4.69) is 16.9 Å². The number of carbonyl (C=O) groups excluding carboxylic acids is 1. The highest BCUT2D eigenvalue weighted by Gasteiger charge is 1.81. The van der Waals surface area contributed by atoms with E-state index in [1.54, 1.807) is 0 Å². The van der Waals surface area contributed by atoms with E-state index in [0.717, 1.165) is 0 Å². The van der Waals surface area contributed by atoms with Gasteiger partial charge in [-0.05, 0) is 0 Å². The van der Waals surface area contributed by atoms with Gasteiger partial charge in [0.15, 0.2) is 0 Å². The lowest BCUT2D eigenvalue weighted by molar-refractivity contribution is -0.118. The molecule has 0 atom stereocenters. The molecule has 0 aliphatic carbocycles. The highest BCUT2D eigenvalue weighted by molar-refractivity contribution is 5.76. The van der Waals surface area contributed by atoms with Gasteiger partial charge in [0.25, 0.3) is 0 Å². The minimum Gasteiger partial charge on any atom is -0.496 e. The van der Waals surface area contributed by atoms with E-state index in [1.165, 1.54) is 32.6 Å². The van der Waals surface area contributed by atoms with Crippen LogP contribution in [0.25, 0.3) is 0 Å². The minimum atomic E-state index is -0.132. The molecule has 1 N–H and O–H groups in total. The van der Waals surface area contributed by atoms with E-state index >= 15 is 0 Å². The van der Waals surface area contributed by atoms with Gasteiger partial charge >= 0.3 is 0 Å². The molecule has 0 aromatic rings. The second-order valence-corrected chi connectivity index (χ2v) is 1.96. The van der Waals surface area contributed by atoms with Crippen LogP contribution in [0.4, 0.5) is 0 Å². The Morgan fingerprint density at radius 3 is 2.83 bits per heavy atom. The van der Waals surface area contributed by atoms with Gasteiger partial charge in [0.1, 0.15) is 5.76 Å². The average Bonchev–Trinajstić information content (AvgIpc) is 2.03. The molecule has 0 aromatic carbocycles. The van der Waals surface area contributed by atoms with Crippen molar-refractivity contribution in [2.45, 2.75) is 6.92 Å². The summed E-state index contributed by atoms with van der Waals surface area (Å²) in [6.07, 6.45) is 4.31. The Morgan fingerprint density at radius 2 is 2.33 bits per heavy atom. The van der Waals surface area contributed by atoms with Crippen LogP contribution in [-0.2, 0) is 9.53 Å². The number of hydrogen-bond donors (Lipinski definition) is 1. The van der Waals surface area contributed by atoms with E-state index in [1.807, 2.05) is 0 Å². The number of ether oxygens (including phenoxy) is 1. The standard InChI is InChI=1S/C8H12N2O2/c1-7(12-3)6-9-4-5-10-8(2)11/h4-6H,1H2,2-3H3,(H,10,11)/b5-4+,9-6?. The maximum Gasteiger partial charge on any atom is 0.220 e. The largest absolute Gasteiger partial charge is 0.496 e. The zero-order chi connectivity index (χ0) is 9.40. The van der Waals surface area contributed by atoms with E-state index < -0.39 is 0 Å². The number of nitrogens with zero attached hydrogens (tertiary/aromatic N) is 1. The fourth-order valence-electron chi connectivity index (χ4n) is 0.377. The average molecular weight is 168 g/mol. The van der Waals surface area contributed by atoms with Crippen molar-refractivity contribution in [2.75, 3.05) is 7.11 Å². The van der Waals surface area contributed by atoms with E-state index in [9.17, 15) is 4.79 Å². The molecule has 0 fully saturated rings. The van der Waals surface area contributed by atoms with Crippen LogP contribution in [0, 0.1) is 0 Å². The van der Waals surface area contributed by atoms with Gasteiger partial charge in [-0.1, -0.05) is 6.58 Å². The Kier molecular flexibility index (Phi) is 5.34. The highest BCUT2D eigenvalue weighted by Crippen LogP contribution is 1.84. The Bertz CT molecular complexity index is 219. The van der Waals surface area contributed by atoms with Crippen molar-refractivity contribution in [3.8, 4) is 0 Å². The highest BCUT2D eigenvalue weighted by atomic mass is 16.5. The van der Waals surface area contributed by atoms with Crippen molar-refractivity contribution < 1.29 is 9.53 Å². The lowest BCUT2D eigenvalue weighted by Crippen LogP contribution is -2.10. The molecule has 0 radical (unpaired) electrons. The molecule has 4 heteroatoms. The maximum absolute atomic E-state index is 10.3. The predicted molar refractivity (Wildman–Crippen MR) is 47.6 cm³/mol. The molecule has 0 spiro atoms. The van der Waals surface area contributed by atoms with Crippen LogP contribution in [0.5, 0.6) is 0 Å². The van der Waals surface area contributed by atoms with Crippen molar-refractivity contribution in [3.63, 3.8) is 0 Å². The van der Waals surface area contributed by atoms with Gasteiger partial charge in [-0.15, -0.1) is 0 Å². The van der Waals surface area contributed by atoms with Gasteiger partial charge in [0, 0.05) is 19.3 Å². The first-order valence-electron chi connectivity index (χ1n) is 3.35. The van der Waals surface area contributed by atoms with Crippen molar-refractivity contribution >= 4 is 12.1 Å². The molecule has 66 valence electrons. The molecule has 0 unspecified atom stereocenters. The molecule has 0 aromatic heterocycles. The summed E-state index contributed by atoms with van der Waals surface area (Å²) in [7, 11) is 1.51. The summed E-state index contributed by atoms with van der Waals surface area (Å²) < 4.78 is 4.71. The quantitative estimate of drug-likeness (QED) is 0.499. The third-order valence-electron chi connectivity index (χ3n) is 0.928. The van der Waals surface area contributed by atoms with Gasteiger partial charge in [0.05, 0.1) is 13.3 Å². The smallest absolute Gasteiger partial charge is 0.220 e. The normalized spacial score (nSPS) is 10.5. The van der Waals surface area contributed by atoms with Gasteiger partial charge in [-0.2, -0.15) is 0 Å². The van der Waals surface area contributed by atoms with Gasteiger partial charge in [-0.25, -0.2) is 0 Å². The lowest BCUT2D eigenvalue weighted by atomic mass is 10.6. The molecule has 0 bridgehead atoms. The van der Waals surface area contributed by atoms with Crippen molar-refractivity contribution in [2.24, 2.45) is 4.99 Å². The SMILES string of the molecule is C=C(C=N/C=C/NC(C)=O)OC. The summed E-state index contributed by atoms with van der Waals surface area (Å²) in [6.45, 7) is 4.93. The summed E-state index contributed by atoms with van der Waals surface area (Å²) in [6, 6.07) is 0. The molecule has 0 aliphatic heterocycles. The number of allylic oxidation sites excluding steroid dienone is 1. The lowest BCUT2D eigenvalue weighted by Gasteiger charge is -1.92. The number of nitrogens with one attached hydrogen (secondary N) is 1. The Labute approximate surface area is 71.6 Å². The second-order valence-electron chi connectivity index (χ2n) is 1.96. The zero-order valence-electron chi connectivity index (χ0n) is 7.20. The van der Waals surface area contributed by atoms with Crippen molar-refractivity contribution in [1.82, 2.24) is 5.32 Å². The summed E-state index contributed by atoms with van der Waals surface area (Å²) in [5, 5.41) is 2.43. The summed E-state index contributed by atoms with van der Waals surface area (Å²) >= 11 is 0. The molecular formula is C8H12N2O2. The van der Waals surface area contributed by atoms with Crippen LogP contribution in [0.15, 0.2) is 29.7 Å². The Hall–Kier alpha value is -1.58. The molecule has 4 nitrogen and oxygen atoms in total. The minimum absolute atomic E-state index is 0.132. The van der Waals surface area contributed by atoms with Crippen molar-refractivity contribution in [3.05, 3.63) is 24.7 Å². The predicted octanol–water partition coefficient (Wildman–Crippen LogP) is 0.825. The van der Waals surface area contributed by atoms with Crippen molar-refractivity contribution in [1.29, 1.82) is 0 Å². The summed E-state index contributed by atoms with van der Waals surface area (Å²) in [4.78, 5) is 14.1. The van der Waals surface area contributed by atoms with Gasteiger partial charge in [-0.3, -0.25) is 9.79 Å². The number of methoxy groups -OCH3 is 1. The molecule has 0 saturated carbocycles. The van der Waals surface area contributed by atoms with Gasteiger partial charge < -0.3 is 10.1 Å². The topological polar surface area (TPSA) is 50.7 Å². The first-order valence-corrected chi connectivity index (χ1v) is 3.35. The first-order chi connectivity index (χ1) is 5.66.